The lowest BCUT2D eigenvalue weighted by Gasteiger charge is -2.14. The number of esters is 1. The zero-order valence-corrected chi connectivity index (χ0v) is 16.0. The van der Waals surface area contributed by atoms with Crippen LogP contribution < -0.4 is 10.2 Å². The lowest BCUT2D eigenvalue weighted by atomic mass is 10.1. The van der Waals surface area contributed by atoms with E-state index in [0.717, 1.165) is 15.7 Å². The number of benzene rings is 3. The van der Waals surface area contributed by atoms with Crippen LogP contribution in [-0.2, 0) is 19.1 Å². The summed E-state index contributed by atoms with van der Waals surface area (Å²) in [5.41, 5.74) is 1.24. The monoisotopic (exact) mass is 402 g/mol. The molecule has 30 heavy (non-hydrogen) atoms. The molecule has 0 saturated carbocycles. The molecule has 3 aromatic rings. The van der Waals surface area contributed by atoms with Gasteiger partial charge in [-0.05, 0) is 47.2 Å². The number of carbonyl (C=O) groups excluding carboxylic acids is 4. The molecule has 1 heterocycles. The van der Waals surface area contributed by atoms with Gasteiger partial charge in [-0.3, -0.25) is 19.3 Å². The Morgan fingerprint density at radius 1 is 0.867 bits per heavy atom. The second-order valence-corrected chi connectivity index (χ2v) is 6.86. The average Bonchev–Trinajstić information content (AvgIpc) is 3.10. The van der Waals surface area contributed by atoms with E-state index in [9.17, 15) is 19.2 Å². The topological polar surface area (TPSA) is 92.8 Å². The van der Waals surface area contributed by atoms with Crippen molar-refractivity contribution in [2.45, 2.75) is 12.8 Å². The molecule has 7 heteroatoms. The minimum Gasteiger partial charge on any atom is -0.452 e. The summed E-state index contributed by atoms with van der Waals surface area (Å²) in [5, 5.41) is 4.75. The number of anilines is 2. The van der Waals surface area contributed by atoms with E-state index in [1.165, 1.54) is 24.3 Å². The number of carbonyl (C=O) groups is 4. The molecule has 1 fully saturated rings. The molecule has 1 N–H and O–H groups in total. The molecule has 0 unspecified atom stereocenters. The van der Waals surface area contributed by atoms with E-state index >= 15 is 0 Å². The van der Waals surface area contributed by atoms with Gasteiger partial charge < -0.3 is 10.1 Å². The largest absolute Gasteiger partial charge is 0.452 e. The van der Waals surface area contributed by atoms with Crippen molar-refractivity contribution < 1.29 is 23.9 Å². The summed E-state index contributed by atoms with van der Waals surface area (Å²) >= 11 is 0. The van der Waals surface area contributed by atoms with Crippen LogP contribution in [-0.4, -0.2) is 30.3 Å². The molecular formula is C23H18N2O5. The lowest BCUT2D eigenvalue weighted by molar-refractivity contribution is -0.121. The Hall–Kier alpha value is -4.00. The molecule has 0 atom stereocenters. The maximum Gasteiger partial charge on any atom is 0.338 e. The second kappa shape index (κ2) is 8.16. The first-order valence-corrected chi connectivity index (χ1v) is 9.43. The van der Waals surface area contributed by atoms with Gasteiger partial charge >= 0.3 is 5.97 Å². The van der Waals surface area contributed by atoms with Crippen LogP contribution in [0.25, 0.3) is 10.8 Å². The number of hydrogen-bond acceptors (Lipinski definition) is 5. The highest BCUT2D eigenvalue weighted by Crippen LogP contribution is 2.23. The van der Waals surface area contributed by atoms with Crippen molar-refractivity contribution in [1.29, 1.82) is 0 Å². The Bertz CT molecular complexity index is 1140. The zero-order valence-electron chi connectivity index (χ0n) is 16.0. The predicted octanol–water partition coefficient (Wildman–Crippen LogP) is 3.29. The highest BCUT2D eigenvalue weighted by Gasteiger charge is 2.30. The van der Waals surface area contributed by atoms with Crippen molar-refractivity contribution in [1.82, 2.24) is 0 Å². The molecule has 1 aliphatic heterocycles. The first-order chi connectivity index (χ1) is 14.5. The fourth-order valence-corrected chi connectivity index (χ4v) is 3.29. The van der Waals surface area contributed by atoms with Crippen LogP contribution in [0.4, 0.5) is 11.4 Å². The molecule has 0 bridgehead atoms. The quantitative estimate of drug-likeness (QED) is 0.522. The Labute approximate surface area is 172 Å². The fourth-order valence-electron chi connectivity index (χ4n) is 3.29. The van der Waals surface area contributed by atoms with Crippen molar-refractivity contribution in [3.8, 4) is 0 Å². The summed E-state index contributed by atoms with van der Waals surface area (Å²) in [7, 11) is 0. The number of ether oxygens (including phenoxy) is 1. The molecule has 4 rings (SSSR count). The molecule has 0 spiro atoms. The van der Waals surface area contributed by atoms with Gasteiger partial charge in [0.2, 0.25) is 11.8 Å². The summed E-state index contributed by atoms with van der Waals surface area (Å²) in [6, 6.07) is 19.2. The normalized spacial score (nSPS) is 13.5. The van der Waals surface area contributed by atoms with Gasteiger partial charge in [0.1, 0.15) is 0 Å². The maximum absolute atomic E-state index is 12.2. The Balaban J connectivity index is 1.34. The fraction of sp³-hybridized carbons (Fsp3) is 0.130. The van der Waals surface area contributed by atoms with Crippen LogP contribution in [0.5, 0.6) is 0 Å². The van der Waals surface area contributed by atoms with Crippen LogP contribution in [0, 0.1) is 0 Å². The minimum absolute atomic E-state index is 0.189. The zero-order chi connectivity index (χ0) is 21.1. The van der Waals surface area contributed by atoms with Gasteiger partial charge in [0, 0.05) is 18.5 Å². The molecule has 3 aromatic carbocycles. The smallest absolute Gasteiger partial charge is 0.338 e. The van der Waals surface area contributed by atoms with Gasteiger partial charge in [0.25, 0.3) is 5.91 Å². The first kappa shape index (κ1) is 19.3. The molecule has 1 aliphatic rings. The number of hydrogen-bond donors (Lipinski definition) is 1. The van der Waals surface area contributed by atoms with Gasteiger partial charge in [-0.25, -0.2) is 4.79 Å². The highest BCUT2D eigenvalue weighted by molar-refractivity contribution is 6.19. The van der Waals surface area contributed by atoms with Gasteiger partial charge in [-0.15, -0.1) is 0 Å². The van der Waals surface area contributed by atoms with Gasteiger partial charge in [0.15, 0.2) is 6.61 Å². The van der Waals surface area contributed by atoms with E-state index in [-0.39, 0.29) is 30.2 Å². The number of nitrogens with one attached hydrogen (secondary N) is 1. The third kappa shape index (κ3) is 4.05. The molecule has 7 nitrogen and oxygen atoms in total. The van der Waals surface area contributed by atoms with Gasteiger partial charge in [-0.1, -0.05) is 30.3 Å². The first-order valence-electron chi connectivity index (χ1n) is 9.43. The van der Waals surface area contributed by atoms with Gasteiger partial charge in [0.05, 0.1) is 11.3 Å². The van der Waals surface area contributed by atoms with Crippen molar-refractivity contribution in [2.75, 3.05) is 16.8 Å². The highest BCUT2D eigenvalue weighted by atomic mass is 16.5. The predicted molar refractivity (Wildman–Crippen MR) is 111 cm³/mol. The van der Waals surface area contributed by atoms with Crippen molar-refractivity contribution in [3.05, 3.63) is 72.3 Å². The number of fused-ring (bicyclic) bond motifs is 1. The standard InChI is InChI=1S/C23H18N2O5/c26-20(24-18-8-5-15-3-1-2-4-17(15)13-18)14-30-23(29)16-6-9-19(10-7-16)25-21(27)11-12-22(25)28/h1-10,13H,11-12,14H2,(H,24,26). The molecule has 0 aromatic heterocycles. The van der Waals surface area contributed by atoms with Crippen molar-refractivity contribution >= 4 is 45.8 Å². The molecule has 0 aliphatic carbocycles. The van der Waals surface area contributed by atoms with Crippen LogP contribution in [0.15, 0.2) is 66.7 Å². The van der Waals surface area contributed by atoms with Crippen LogP contribution >= 0.6 is 0 Å². The maximum atomic E-state index is 12.2. The van der Waals surface area contributed by atoms with Crippen LogP contribution in [0.1, 0.15) is 23.2 Å². The Kier molecular flexibility index (Phi) is 5.26. The molecular weight excluding hydrogens is 384 g/mol. The van der Waals surface area contributed by atoms with Crippen molar-refractivity contribution in [3.63, 3.8) is 0 Å². The van der Waals surface area contributed by atoms with Crippen LogP contribution in [0.3, 0.4) is 0 Å². The summed E-state index contributed by atoms with van der Waals surface area (Å²) in [6.45, 7) is -0.434. The number of amides is 3. The lowest BCUT2D eigenvalue weighted by Crippen LogP contribution is -2.28. The summed E-state index contributed by atoms with van der Waals surface area (Å²) in [4.78, 5) is 49.0. The summed E-state index contributed by atoms with van der Waals surface area (Å²) in [6.07, 6.45) is 0.379. The molecule has 1 saturated heterocycles. The van der Waals surface area contributed by atoms with Crippen molar-refractivity contribution in [2.24, 2.45) is 0 Å². The number of imide groups is 1. The molecule has 0 radical (unpaired) electrons. The molecule has 150 valence electrons. The summed E-state index contributed by atoms with van der Waals surface area (Å²) in [5.74, 6) is -1.65. The van der Waals surface area contributed by atoms with E-state index in [4.69, 9.17) is 4.74 Å². The molecule has 3 amide bonds. The third-order valence-corrected chi connectivity index (χ3v) is 4.78. The number of nitrogens with zero attached hydrogens (tertiary/aromatic N) is 1. The second-order valence-electron chi connectivity index (χ2n) is 6.86. The summed E-state index contributed by atoms with van der Waals surface area (Å²) < 4.78 is 5.06. The van der Waals surface area contributed by atoms with E-state index in [1.54, 1.807) is 6.07 Å². The average molecular weight is 402 g/mol. The van der Waals surface area contributed by atoms with E-state index in [1.807, 2.05) is 36.4 Å². The number of rotatable bonds is 5. The third-order valence-electron chi connectivity index (χ3n) is 4.78. The SMILES string of the molecule is O=C(COC(=O)c1ccc(N2C(=O)CCC2=O)cc1)Nc1ccc2ccccc2c1. The Morgan fingerprint density at radius 2 is 1.53 bits per heavy atom. The van der Waals surface area contributed by atoms with E-state index in [0.29, 0.717) is 11.4 Å². The van der Waals surface area contributed by atoms with Crippen LogP contribution in [0.2, 0.25) is 0 Å². The van der Waals surface area contributed by atoms with E-state index in [2.05, 4.69) is 5.32 Å². The Morgan fingerprint density at radius 3 is 2.23 bits per heavy atom. The van der Waals surface area contributed by atoms with Gasteiger partial charge in [-0.2, -0.15) is 0 Å². The minimum atomic E-state index is -0.672. The van der Waals surface area contributed by atoms with E-state index < -0.39 is 18.5 Å².